The molecule has 0 bridgehead atoms. The summed E-state index contributed by atoms with van der Waals surface area (Å²) in [4.78, 5) is 12.4. The number of primary sulfonamides is 1. The van der Waals surface area contributed by atoms with Gasteiger partial charge in [-0.2, -0.15) is 0 Å². The number of carbonyl (C=O) groups excluding carboxylic acids is 1. The Bertz CT molecular complexity index is 1490. The average Bonchev–Trinajstić information content (AvgIpc) is 2.86. The number of nitrogens with zero attached hydrogens (tertiary/aromatic N) is 1. The number of hydrogen-bond acceptors (Lipinski definition) is 6. The molecule has 0 aliphatic carbocycles. The number of aryl methyl sites for hydroxylation is 2. The van der Waals surface area contributed by atoms with E-state index in [9.17, 15) is 21.6 Å². The number of hydrogen-bond donors (Lipinski definition) is 2. The van der Waals surface area contributed by atoms with Gasteiger partial charge in [-0.25, -0.2) is 22.0 Å². The summed E-state index contributed by atoms with van der Waals surface area (Å²) in [6, 6.07) is 18.0. The summed E-state index contributed by atoms with van der Waals surface area (Å²) in [5.74, 6) is 0.0206. The van der Waals surface area contributed by atoms with Gasteiger partial charge in [-0.3, -0.25) is 9.10 Å². The lowest BCUT2D eigenvalue weighted by Crippen LogP contribution is -2.35. The summed E-state index contributed by atoms with van der Waals surface area (Å²) < 4.78 is 56.4. The van der Waals surface area contributed by atoms with Crippen molar-refractivity contribution in [3.63, 3.8) is 0 Å². The van der Waals surface area contributed by atoms with Crippen LogP contribution < -0.4 is 19.5 Å². The van der Waals surface area contributed by atoms with Crippen LogP contribution in [0.3, 0.4) is 0 Å². The van der Waals surface area contributed by atoms with Crippen LogP contribution in [0.2, 0.25) is 0 Å². The smallest absolute Gasteiger partial charge is 0.264 e. The number of rotatable bonds is 8. The Balaban J connectivity index is 1.37. The molecule has 3 aromatic rings. The van der Waals surface area contributed by atoms with E-state index >= 15 is 0 Å². The molecule has 1 aliphatic heterocycles. The van der Waals surface area contributed by atoms with E-state index in [1.54, 1.807) is 31.2 Å². The predicted molar refractivity (Wildman–Crippen MR) is 136 cm³/mol. The van der Waals surface area contributed by atoms with E-state index in [2.05, 4.69) is 5.32 Å². The van der Waals surface area contributed by atoms with Gasteiger partial charge in [0.1, 0.15) is 5.75 Å². The quantitative estimate of drug-likeness (QED) is 0.460. The second-order valence-corrected chi connectivity index (χ2v) is 11.9. The lowest BCUT2D eigenvalue weighted by Gasteiger charge is -2.30. The third-order valence-corrected chi connectivity index (χ3v) is 8.64. The summed E-state index contributed by atoms with van der Waals surface area (Å²) in [6.07, 6.45) is 1.60. The van der Waals surface area contributed by atoms with Gasteiger partial charge in [-0.1, -0.05) is 30.3 Å². The maximum absolute atomic E-state index is 13.4. The molecule has 1 heterocycles. The number of nitrogens with one attached hydrogen (secondary N) is 1. The number of carbonyl (C=O) groups is 1. The van der Waals surface area contributed by atoms with Crippen molar-refractivity contribution in [1.82, 2.24) is 5.32 Å². The highest BCUT2D eigenvalue weighted by atomic mass is 32.2. The fraction of sp³-hybridized carbons (Fsp3) is 0.240. The van der Waals surface area contributed by atoms with Gasteiger partial charge in [0, 0.05) is 13.1 Å². The number of amides is 1. The molecular formula is C25H27N3O6S2. The first-order chi connectivity index (χ1) is 17.1. The van der Waals surface area contributed by atoms with Gasteiger partial charge < -0.3 is 10.1 Å². The van der Waals surface area contributed by atoms with Gasteiger partial charge in [-0.15, -0.1) is 0 Å². The maximum Gasteiger partial charge on any atom is 0.264 e. The van der Waals surface area contributed by atoms with E-state index in [-0.39, 0.29) is 28.8 Å². The van der Waals surface area contributed by atoms with E-state index in [0.717, 1.165) is 18.4 Å². The summed E-state index contributed by atoms with van der Waals surface area (Å²) >= 11 is 0. The first-order valence-electron chi connectivity index (χ1n) is 11.3. The molecule has 1 aliphatic rings. The zero-order valence-corrected chi connectivity index (χ0v) is 21.3. The van der Waals surface area contributed by atoms with Crippen LogP contribution in [-0.2, 0) is 37.8 Å². The molecule has 1 amide bonds. The predicted octanol–water partition coefficient (Wildman–Crippen LogP) is 2.48. The lowest BCUT2D eigenvalue weighted by atomic mass is 10.0. The number of nitrogens with two attached hydrogens (primary N) is 1. The van der Waals surface area contributed by atoms with Crippen LogP contribution in [0, 0.1) is 6.92 Å². The number of anilines is 1. The van der Waals surface area contributed by atoms with Crippen molar-refractivity contribution in [3.8, 4) is 5.75 Å². The molecule has 0 aromatic heterocycles. The molecule has 0 spiro atoms. The molecular weight excluding hydrogens is 502 g/mol. The summed E-state index contributed by atoms with van der Waals surface area (Å²) in [6.45, 7) is 2.06. The lowest BCUT2D eigenvalue weighted by molar-refractivity contribution is -0.123. The van der Waals surface area contributed by atoms with Gasteiger partial charge in [-0.05, 0) is 72.9 Å². The van der Waals surface area contributed by atoms with E-state index in [1.807, 2.05) is 24.3 Å². The Labute approximate surface area is 211 Å². The van der Waals surface area contributed by atoms with Gasteiger partial charge in [0.2, 0.25) is 10.0 Å². The van der Waals surface area contributed by atoms with Crippen molar-refractivity contribution >= 4 is 31.6 Å². The normalized spacial score (nSPS) is 13.7. The Morgan fingerprint density at radius 3 is 2.39 bits per heavy atom. The minimum absolute atomic E-state index is 0.00802. The number of benzene rings is 3. The SMILES string of the molecule is Cc1cc(S(=O)(=O)N2CCCc3ccccc32)ccc1OCC(=O)NCc1ccc(S(N)(=O)=O)cc1. The molecule has 0 atom stereocenters. The van der Waals surface area contributed by atoms with Gasteiger partial charge in [0.05, 0.1) is 15.5 Å². The van der Waals surface area contributed by atoms with Crippen LogP contribution in [0.15, 0.2) is 76.5 Å². The standard InChI is InChI=1S/C25H27N3O6S2/c1-18-15-22(36(32,33)28-14-4-6-20-5-2-3-7-23(20)28)12-13-24(18)34-17-25(29)27-16-19-8-10-21(11-9-19)35(26,30)31/h2-3,5,7-13,15H,4,6,14,16-17H2,1H3,(H,27,29)(H2,26,30,31). The van der Waals surface area contributed by atoms with Gasteiger partial charge in [0.15, 0.2) is 6.61 Å². The fourth-order valence-electron chi connectivity index (χ4n) is 4.01. The Morgan fingerprint density at radius 2 is 1.69 bits per heavy atom. The molecule has 0 saturated carbocycles. The van der Waals surface area contributed by atoms with Crippen molar-refractivity contribution in [2.75, 3.05) is 17.5 Å². The average molecular weight is 530 g/mol. The van der Waals surface area contributed by atoms with E-state index in [0.29, 0.717) is 29.1 Å². The Kier molecular flexibility index (Phi) is 7.34. The minimum atomic E-state index is -3.77. The highest BCUT2D eigenvalue weighted by Gasteiger charge is 2.29. The van der Waals surface area contributed by atoms with E-state index < -0.39 is 20.0 Å². The van der Waals surface area contributed by atoms with E-state index in [4.69, 9.17) is 9.88 Å². The number of sulfonamides is 2. The summed E-state index contributed by atoms with van der Waals surface area (Å²) in [7, 11) is -7.52. The third-order valence-electron chi connectivity index (χ3n) is 5.90. The summed E-state index contributed by atoms with van der Waals surface area (Å²) in [5.41, 5.74) is 3.00. The van der Waals surface area contributed by atoms with E-state index in [1.165, 1.54) is 22.5 Å². The molecule has 36 heavy (non-hydrogen) atoms. The minimum Gasteiger partial charge on any atom is -0.484 e. The molecule has 11 heteroatoms. The molecule has 3 N–H and O–H groups in total. The number of ether oxygens (including phenoxy) is 1. The molecule has 0 radical (unpaired) electrons. The second kappa shape index (κ2) is 10.3. The van der Waals surface area contributed by atoms with Crippen LogP contribution in [0.25, 0.3) is 0 Å². The molecule has 190 valence electrons. The fourth-order valence-corrected chi connectivity index (χ4v) is 6.15. The van der Waals surface area contributed by atoms with Crippen LogP contribution >= 0.6 is 0 Å². The summed E-state index contributed by atoms with van der Waals surface area (Å²) in [5, 5.41) is 7.76. The van der Waals surface area contributed by atoms with Crippen molar-refractivity contribution < 1.29 is 26.4 Å². The molecule has 3 aromatic carbocycles. The third kappa shape index (κ3) is 5.69. The molecule has 0 saturated heterocycles. The maximum atomic E-state index is 13.4. The Morgan fingerprint density at radius 1 is 1.00 bits per heavy atom. The van der Waals surface area contributed by atoms with Crippen molar-refractivity contribution in [3.05, 3.63) is 83.4 Å². The molecule has 0 fully saturated rings. The topological polar surface area (TPSA) is 136 Å². The first-order valence-corrected chi connectivity index (χ1v) is 14.3. The van der Waals surface area contributed by atoms with Crippen molar-refractivity contribution in [1.29, 1.82) is 0 Å². The highest BCUT2D eigenvalue weighted by Crippen LogP contribution is 2.33. The van der Waals surface area contributed by atoms with Gasteiger partial charge >= 0.3 is 0 Å². The molecule has 4 rings (SSSR count). The Hall–Kier alpha value is -3.41. The number of fused-ring (bicyclic) bond motifs is 1. The van der Waals surface area contributed by atoms with Crippen LogP contribution in [-0.4, -0.2) is 35.9 Å². The second-order valence-electron chi connectivity index (χ2n) is 8.49. The zero-order chi connectivity index (χ0) is 25.9. The van der Waals surface area contributed by atoms with Crippen LogP contribution in [0.1, 0.15) is 23.1 Å². The highest BCUT2D eigenvalue weighted by molar-refractivity contribution is 7.92. The largest absolute Gasteiger partial charge is 0.484 e. The van der Waals surface area contributed by atoms with Gasteiger partial charge in [0.25, 0.3) is 15.9 Å². The first kappa shape index (κ1) is 25.7. The monoisotopic (exact) mass is 529 g/mol. The van der Waals surface area contributed by atoms with Crippen LogP contribution in [0.5, 0.6) is 5.75 Å². The number of para-hydroxylation sites is 1. The van der Waals surface area contributed by atoms with Crippen molar-refractivity contribution in [2.45, 2.75) is 36.1 Å². The molecule has 0 unspecified atom stereocenters. The molecule has 9 nitrogen and oxygen atoms in total. The zero-order valence-electron chi connectivity index (χ0n) is 19.7. The van der Waals surface area contributed by atoms with Crippen molar-refractivity contribution in [2.24, 2.45) is 5.14 Å². The van der Waals surface area contributed by atoms with Crippen LogP contribution in [0.4, 0.5) is 5.69 Å².